The molecule has 0 fully saturated rings. The highest BCUT2D eigenvalue weighted by molar-refractivity contribution is 6.30. The molecule has 0 unspecified atom stereocenters. The van der Waals surface area contributed by atoms with E-state index in [1.54, 1.807) is 27.8 Å². The van der Waals surface area contributed by atoms with Crippen molar-refractivity contribution in [2.45, 2.75) is 45.9 Å². The standard InChI is InChI=1S/C28H37ClN10O6/c1-28(2,3)45-27(42)33-11-17(30)14-37(31)8-7-9-38-20-15-39(19-10-16(29)13-36(4)24(19)40)25(41)21(20)34-22(38)18-12-32-26(44-6)35-23(18)43-5/h10,12-14H,7-9,11,15,30-31H2,1-6H3,(H,33,42)/b17-14-. The van der Waals surface area contributed by atoms with Gasteiger partial charge in [-0.15, -0.1) is 0 Å². The molecule has 45 heavy (non-hydrogen) atoms. The van der Waals surface area contributed by atoms with E-state index < -0.39 is 17.6 Å². The lowest BCUT2D eigenvalue weighted by Crippen LogP contribution is -2.36. The number of carbonyl (C=O) groups is 2. The van der Waals surface area contributed by atoms with Gasteiger partial charge in [-0.2, -0.15) is 4.98 Å². The number of aromatic nitrogens is 5. The predicted octanol–water partition coefficient (Wildman–Crippen LogP) is 1.76. The molecule has 0 spiro atoms. The van der Waals surface area contributed by atoms with Gasteiger partial charge in [0.2, 0.25) is 5.88 Å². The van der Waals surface area contributed by atoms with Gasteiger partial charge in [-0.05, 0) is 33.3 Å². The summed E-state index contributed by atoms with van der Waals surface area (Å²) in [6.45, 7) is 6.11. The van der Waals surface area contributed by atoms with Gasteiger partial charge in [-0.1, -0.05) is 11.6 Å². The van der Waals surface area contributed by atoms with Gasteiger partial charge < -0.3 is 39.4 Å². The van der Waals surface area contributed by atoms with Crippen LogP contribution >= 0.6 is 11.6 Å². The number of nitrogens with zero attached hydrogens (tertiary/aromatic N) is 7. The Kier molecular flexibility index (Phi) is 9.87. The summed E-state index contributed by atoms with van der Waals surface area (Å²) in [5.41, 5.74) is 6.67. The first-order valence-electron chi connectivity index (χ1n) is 13.9. The van der Waals surface area contributed by atoms with Crippen LogP contribution in [0.25, 0.3) is 11.4 Å². The fourth-order valence-corrected chi connectivity index (χ4v) is 4.89. The van der Waals surface area contributed by atoms with Crippen LogP contribution in [-0.2, 0) is 24.9 Å². The highest BCUT2D eigenvalue weighted by Crippen LogP contribution is 2.35. The molecule has 0 saturated carbocycles. The van der Waals surface area contributed by atoms with Crippen LogP contribution in [0.1, 0.15) is 43.4 Å². The van der Waals surface area contributed by atoms with Crippen LogP contribution < -0.4 is 36.8 Å². The number of anilines is 1. The molecular formula is C28H37ClN10O6. The number of ether oxygens (including phenoxy) is 3. The zero-order valence-electron chi connectivity index (χ0n) is 26.0. The van der Waals surface area contributed by atoms with E-state index in [0.717, 1.165) is 0 Å². The van der Waals surface area contributed by atoms with E-state index in [4.69, 9.17) is 37.4 Å². The number of amides is 2. The number of halogens is 1. The van der Waals surface area contributed by atoms with Gasteiger partial charge >= 0.3 is 12.1 Å². The maximum Gasteiger partial charge on any atom is 0.407 e. The number of hydrogen-bond acceptors (Lipinski definition) is 12. The van der Waals surface area contributed by atoms with Gasteiger partial charge in [0.05, 0.1) is 43.6 Å². The molecule has 242 valence electrons. The number of imidazole rings is 1. The number of hydrazine groups is 1. The van der Waals surface area contributed by atoms with E-state index in [1.807, 2.05) is 4.57 Å². The smallest absolute Gasteiger partial charge is 0.407 e. The van der Waals surface area contributed by atoms with Gasteiger partial charge in [0.15, 0.2) is 5.69 Å². The predicted molar refractivity (Wildman–Crippen MR) is 166 cm³/mol. The summed E-state index contributed by atoms with van der Waals surface area (Å²) in [6, 6.07) is 1.56. The van der Waals surface area contributed by atoms with Crippen LogP contribution in [-0.4, -0.2) is 74.0 Å². The third-order valence-electron chi connectivity index (χ3n) is 6.56. The molecule has 2 amide bonds. The molecule has 0 atom stereocenters. The number of methoxy groups -OCH3 is 2. The lowest BCUT2D eigenvalue weighted by atomic mass is 10.2. The van der Waals surface area contributed by atoms with E-state index in [-0.39, 0.29) is 41.9 Å². The van der Waals surface area contributed by atoms with E-state index in [1.165, 1.54) is 53.4 Å². The Morgan fingerprint density at radius 1 is 1.22 bits per heavy atom. The molecule has 0 bridgehead atoms. The third kappa shape index (κ3) is 7.64. The summed E-state index contributed by atoms with van der Waals surface area (Å²) < 4.78 is 19.0. The number of nitrogens with two attached hydrogens (primary N) is 2. The van der Waals surface area contributed by atoms with Crippen LogP contribution in [0, 0.1) is 0 Å². The highest BCUT2D eigenvalue weighted by atomic mass is 35.5. The molecule has 3 aromatic rings. The molecule has 4 rings (SSSR count). The lowest BCUT2D eigenvalue weighted by Gasteiger charge is -2.20. The van der Waals surface area contributed by atoms with Crippen LogP contribution in [0.5, 0.6) is 11.9 Å². The number of nitrogens with one attached hydrogen (secondary N) is 1. The molecular weight excluding hydrogens is 608 g/mol. The van der Waals surface area contributed by atoms with E-state index in [9.17, 15) is 14.4 Å². The van der Waals surface area contributed by atoms with Crippen molar-refractivity contribution >= 4 is 29.3 Å². The third-order valence-corrected chi connectivity index (χ3v) is 6.77. The van der Waals surface area contributed by atoms with Gasteiger partial charge in [0.1, 0.15) is 17.1 Å². The summed E-state index contributed by atoms with van der Waals surface area (Å²) in [5.74, 6) is 6.31. The quantitative estimate of drug-likeness (QED) is 0.202. The van der Waals surface area contributed by atoms with Crippen LogP contribution in [0.15, 0.2) is 35.2 Å². The minimum Gasteiger partial charge on any atom is -0.480 e. The highest BCUT2D eigenvalue weighted by Gasteiger charge is 2.37. The Morgan fingerprint density at radius 3 is 2.62 bits per heavy atom. The van der Waals surface area contributed by atoms with Crippen molar-refractivity contribution in [2.75, 3.05) is 32.2 Å². The monoisotopic (exact) mass is 644 g/mol. The molecule has 3 aromatic heterocycles. The van der Waals surface area contributed by atoms with Gasteiger partial charge in [0, 0.05) is 44.4 Å². The number of rotatable bonds is 11. The molecule has 1 aliphatic rings. The summed E-state index contributed by atoms with van der Waals surface area (Å²) in [4.78, 5) is 52.9. The van der Waals surface area contributed by atoms with Gasteiger partial charge in [-0.3, -0.25) is 14.5 Å². The molecule has 17 heteroatoms. The SMILES string of the molecule is COc1ncc(-c2nc3c(n2CCCN(N)/C=C(\N)CNC(=O)OC(C)(C)C)CN(c2cc(Cl)cn(C)c2=O)C3=O)c(OC)n1. The Hall–Kier alpha value is -4.83. The molecule has 0 aliphatic carbocycles. The minimum atomic E-state index is -0.637. The number of pyridine rings is 1. The van der Waals surface area contributed by atoms with Crippen LogP contribution in [0.3, 0.4) is 0 Å². The van der Waals surface area contributed by atoms with Crippen molar-refractivity contribution in [1.82, 2.24) is 34.4 Å². The van der Waals surface area contributed by atoms with Gasteiger partial charge in [-0.25, -0.2) is 20.6 Å². The topological polar surface area (TPSA) is 198 Å². The Balaban J connectivity index is 1.58. The van der Waals surface area contributed by atoms with Crippen molar-refractivity contribution in [1.29, 1.82) is 0 Å². The lowest BCUT2D eigenvalue weighted by molar-refractivity contribution is 0.0532. The molecule has 0 saturated heterocycles. The Labute approximate surface area is 264 Å². The number of aryl methyl sites for hydroxylation is 1. The fraction of sp³-hybridized carbons (Fsp3) is 0.429. The van der Waals surface area contributed by atoms with E-state index in [2.05, 4.69) is 20.3 Å². The van der Waals surface area contributed by atoms with Crippen LogP contribution in [0.2, 0.25) is 5.02 Å². The Bertz CT molecular complexity index is 1680. The van der Waals surface area contributed by atoms with Crippen molar-refractivity contribution in [3.05, 3.63) is 57.1 Å². The fourth-order valence-electron chi connectivity index (χ4n) is 4.64. The van der Waals surface area contributed by atoms with Gasteiger partial charge in [0.25, 0.3) is 11.5 Å². The molecule has 5 N–H and O–H groups in total. The first kappa shape index (κ1) is 33.1. The maximum atomic E-state index is 13.6. The molecule has 0 radical (unpaired) electrons. The number of carbonyl (C=O) groups excluding carboxylic acids is 2. The van der Waals surface area contributed by atoms with Crippen LogP contribution in [0.4, 0.5) is 10.5 Å². The first-order valence-corrected chi connectivity index (χ1v) is 14.3. The van der Waals surface area contributed by atoms with Crippen molar-refractivity contribution in [3.8, 4) is 23.3 Å². The average Bonchev–Trinajstić information content (AvgIpc) is 3.48. The normalized spacial score (nSPS) is 13.1. The summed E-state index contributed by atoms with van der Waals surface area (Å²) in [6.07, 6.45) is 4.38. The molecule has 4 heterocycles. The molecule has 0 aromatic carbocycles. The van der Waals surface area contributed by atoms with E-state index >= 15 is 0 Å². The molecule has 16 nitrogen and oxygen atoms in total. The zero-order chi connectivity index (χ0) is 33.1. The zero-order valence-corrected chi connectivity index (χ0v) is 26.7. The average molecular weight is 645 g/mol. The summed E-state index contributed by atoms with van der Waals surface area (Å²) >= 11 is 6.21. The largest absolute Gasteiger partial charge is 0.480 e. The maximum absolute atomic E-state index is 13.6. The second-order valence-corrected chi connectivity index (χ2v) is 11.6. The minimum absolute atomic E-state index is 0.0416. The van der Waals surface area contributed by atoms with E-state index in [0.29, 0.717) is 47.3 Å². The number of alkyl carbamates (subject to hydrolysis) is 1. The Morgan fingerprint density at radius 2 is 1.96 bits per heavy atom. The summed E-state index contributed by atoms with van der Waals surface area (Å²) in [5, 5.41) is 4.28. The van der Waals surface area contributed by atoms with Crippen molar-refractivity contribution in [3.63, 3.8) is 0 Å². The first-order chi connectivity index (χ1) is 21.2. The number of fused-ring (bicyclic) bond motifs is 1. The number of hydrogen-bond donors (Lipinski definition) is 3. The summed E-state index contributed by atoms with van der Waals surface area (Å²) in [7, 11) is 4.45. The molecule has 1 aliphatic heterocycles. The second kappa shape index (κ2) is 13.4. The van der Waals surface area contributed by atoms with Crippen molar-refractivity contribution in [2.24, 2.45) is 18.6 Å². The van der Waals surface area contributed by atoms with Crippen molar-refractivity contribution < 1.29 is 23.8 Å². The second-order valence-electron chi connectivity index (χ2n) is 11.2.